The van der Waals surface area contributed by atoms with Gasteiger partial charge in [0.25, 0.3) is 0 Å². The van der Waals surface area contributed by atoms with E-state index in [0.29, 0.717) is 5.92 Å². The maximum absolute atomic E-state index is 8.81. The van der Waals surface area contributed by atoms with E-state index in [1.165, 1.54) is 12.8 Å². The van der Waals surface area contributed by atoms with Gasteiger partial charge >= 0.3 is 0 Å². The Kier molecular flexibility index (Phi) is 3.97. The Hall–Kier alpha value is 0.540. The van der Waals surface area contributed by atoms with Gasteiger partial charge in [-0.1, -0.05) is 12.8 Å². The van der Waals surface area contributed by atoms with Crippen LogP contribution in [0.5, 0.6) is 0 Å². The molecule has 0 saturated heterocycles. The van der Waals surface area contributed by atoms with Crippen molar-refractivity contribution in [2.24, 2.45) is 5.92 Å². The van der Waals surface area contributed by atoms with Gasteiger partial charge in [0.05, 0.1) is 12.0 Å². The summed E-state index contributed by atoms with van der Waals surface area (Å²) in [5, 5.41) is 8.85. The van der Waals surface area contributed by atoms with Crippen LogP contribution in [0.25, 0.3) is 0 Å². The molecule has 0 aromatic carbocycles. The molecule has 1 fully saturated rings. The highest BCUT2D eigenvalue weighted by Gasteiger charge is 2.28. The molecule has 1 rings (SSSR count). The van der Waals surface area contributed by atoms with Gasteiger partial charge in [-0.2, -0.15) is 0 Å². The molecule has 0 spiro atoms. The molecule has 0 aromatic heterocycles. The van der Waals surface area contributed by atoms with Gasteiger partial charge in [-0.25, -0.2) is 0 Å². The van der Waals surface area contributed by atoms with E-state index in [4.69, 9.17) is 28.3 Å². The summed E-state index contributed by atoms with van der Waals surface area (Å²) in [6.45, 7) is 0.0510. The van der Waals surface area contributed by atoms with Gasteiger partial charge in [0, 0.05) is 5.38 Å². The van der Waals surface area contributed by atoms with Gasteiger partial charge in [-0.05, 0) is 18.8 Å². The molecular weight excluding hydrogens is 183 g/mol. The molecule has 66 valence electrons. The molecule has 1 nitrogen and oxygen atoms in total. The van der Waals surface area contributed by atoms with E-state index in [1.807, 2.05) is 0 Å². The summed E-state index contributed by atoms with van der Waals surface area (Å²) < 4.78 is 0. The average Bonchev–Trinajstić information content (AvgIpc) is 2.04. The Balaban J connectivity index is 2.40. The monoisotopic (exact) mass is 196 g/mol. The quantitative estimate of drug-likeness (QED) is 0.674. The van der Waals surface area contributed by atoms with Crippen LogP contribution in [0.1, 0.15) is 25.7 Å². The summed E-state index contributed by atoms with van der Waals surface area (Å²) in [4.78, 5) is 0. The van der Waals surface area contributed by atoms with Crippen molar-refractivity contribution in [2.75, 3.05) is 6.61 Å². The molecule has 1 N–H and O–H groups in total. The van der Waals surface area contributed by atoms with Crippen molar-refractivity contribution in [1.82, 2.24) is 0 Å². The largest absolute Gasteiger partial charge is 0.395 e. The summed E-state index contributed by atoms with van der Waals surface area (Å²) >= 11 is 12.0. The van der Waals surface area contributed by atoms with Crippen LogP contribution in [0.4, 0.5) is 0 Å². The predicted octanol–water partition coefficient (Wildman–Crippen LogP) is 2.38. The maximum Gasteiger partial charge on any atom is 0.0609 e. The summed E-state index contributed by atoms with van der Waals surface area (Å²) in [5.74, 6) is 0.317. The molecule has 11 heavy (non-hydrogen) atoms. The molecule has 0 aliphatic heterocycles. The number of alkyl halides is 2. The third-order valence-corrected chi connectivity index (χ3v) is 3.37. The van der Waals surface area contributed by atoms with E-state index in [1.54, 1.807) is 0 Å². The Morgan fingerprint density at radius 1 is 1.36 bits per heavy atom. The molecule has 0 heterocycles. The highest BCUT2D eigenvalue weighted by atomic mass is 35.5. The number of hydrogen-bond donors (Lipinski definition) is 1. The Bertz CT molecular complexity index is 115. The zero-order chi connectivity index (χ0) is 8.27. The number of halogens is 2. The van der Waals surface area contributed by atoms with E-state index in [2.05, 4.69) is 0 Å². The first-order valence-corrected chi connectivity index (χ1v) is 5.02. The second-order valence-electron chi connectivity index (χ2n) is 3.16. The van der Waals surface area contributed by atoms with Gasteiger partial charge in [0.2, 0.25) is 0 Å². The van der Waals surface area contributed by atoms with Crippen molar-refractivity contribution in [2.45, 2.75) is 36.4 Å². The fourth-order valence-corrected chi connectivity index (χ4v) is 2.49. The molecule has 1 aliphatic rings. The topological polar surface area (TPSA) is 20.2 Å². The lowest BCUT2D eigenvalue weighted by molar-refractivity contribution is 0.238. The first-order chi connectivity index (χ1) is 5.25. The standard InChI is InChI=1S/C8H14Cl2O/c9-7-4-2-1-3-6(7)8(10)5-11/h6-8,11H,1-5H2/t6-,7-,8+/m0/s1. The third kappa shape index (κ3) is 2.50. The van der Waals surface area contributed by atoms with E-state index < -0.39 is 0 Å². The van der Waals surface area contributed by atoms with Gasteiger partial charge < -0.3 is 5.11 Å². The van der Waals surface area contributed by atoms with Crippen LogP contribution < -0.4 is 0 Å². The summed E-state index contributed by atoms with van der Waals surface area (Å²) in [6, 6.07) is 0. The second kappa shape index (κ2) is 4.54. The fourth-order valence-electron chi connectivity index (χ4n) is 1.66. The molecule has 3 heteroatoms. The van der Waals surface area contributed by atoms with Crippen molar-refractivity contribution in [3.63, 3.8) is 0 Å². The molecule has 3 atom stereocenters. The van der Waals surface area contributed by atoms with Gasteiger partial charge in [-0.3, -0.25) is 0 Å². The van der Waals surface area contributed by atoms with E-state index in [-0.39, 0.29) is 17.4 Å². The van der Waals surface area contributed by atoms with E-state index >= 15 is 0 Å². The molecule has 0 bridgehead atoms. The summed E-state index contributed by atoms with van der Waals surface area (Å²) in [6.07, 6.45) is 4.54. The lowest BCUT2D eigenvalue weighted by Gasteiger charge is -2.29. The average molecular weight is 197 g/mol. The van der Waals surface area contributed by atoms with Crippen LogP contribution >= 0.6 is 23.2 Å². The van der Waals surface area contributed by atoms with Crippen LogP contribution in [0.3, 0.4) is 0 Å². The number of rotatable bonds is 2. The first-order valence-electron chi connectivity index (χ1n) is 4.14. The Morgan fingerprint density at radius 3 is 2.55 bits per heavy atom. The lowest BCUT2D eigenvalue weighted by atomic mass is 9.86. The minimum atomic E-state index is -0.141. The van der Waals surface area contributed by atoms with E-state index in [9.17, 15) is 0 Å². The second-order valence-corrected chi connectivity index (χ2v) is 4.28. The predicted molar refractivity (Wildman–Crippen MR) is 48.3 cm³/mol. The van der Waals surface area contributed by atoms with Crippen molar-refractivity contribution >= 4 is 23.2 Å². The smallest absolute Gasteiger partial charge is 0.0609 e. The number of hydrogen-bond acceptors (Lipinski definition) is 1. The van der Waals surface area contributed by atoms with Crippen LogP contribution in [-0.2, 0) is 0 Å². The van der Waals surface area contributed by atoms with Gasteiger partial charge in [0.1, 0.15) is 0 Å². The van der Waals surface area contributed by atoms with Crippen LogP contribution in [0, 0.1) is 5.92 Å². The van der Waals surface area contributed by atoms with Crippen molar-refractivity contribution in [3.05, 3.63) is 0 Å². The Morgan fingerprint density at radius 2 is 2.00 bits per heavy atom. The first kappa shape index (κ1) is 9.63. The molecule has 0 aromatic rings. The fraction of sp³-hybridized carbons (Fsp3) is 1.00. The maximum atomic E-state index is 8.81. The zero-order valence-electron chi connectivity index (χ0n) is 6.47. The van der Waals surface area contributed by atoms with E-state index in [0.717, 1.165) is 12.8 Å². The minimum Gasteiger partial charge on any atom is -0.395 e. The number of aliphatic hydroxyl groups is 1. The van der Waals surface area contributed by atoms with Crippen molar-refractivity contribution in [3.8, 4) is 0 Å². The number of aliphatic hydroxyl groups excluding tert-OH is 1. The summed E-state index contributed by atoms with van der Waals surface area (Å²) in [5.41, 5.74) is 0. The van der Waals surface area contributed by atoms with Crippen LogP contribution in [-0.4, -0.2) is 22.5 Å². The normalized spacial score (nSPS) is 35.2. The molecular formula is C8H14Cl2O. The third-order valence-electron chi connectivity index (χ3n) is 2.37. The lowest BCUT2D eigenvalue weighted by Crippen LogP contribution is -2.30. The minimum absolute atomic E-state index is 0.0510. The highest BCUT2D eigenvalue weighted by Crippen LogP contribution is 2.32. The molecule has 0 unspecified atom stereocenters. The van der Waals surface area contributed by atoms with Crippen molar-refractivity contribution in [1.29, 1.82) is 0 Å². The molecule has 1 saturated carbocycles. The summed E-state index contributed by atoms with van der Waals surface area (Å²) in [7, 11) is 0. The molecule has 1 aliphatic carbocycles. The van der Waals surface area contributed by atoms with Crippen LogP contribution in [0.2, 0.25) is 0 Å². The van der Waals surface area contributed by atoms with Crippen LogP contribution in [0.15, 0.2) is 0 Å². The zero-order valence-corrected chi connectivity index (χ0v) is 7.98. The van der Waals surface area contributed by atoms with Crippen molar-refractivity contribution < 1.29 is 5.11 Å². The molecule has 0 radical (unpaired) electrons. The Labute approximate surface area is 77.7 Å². The highest BCUT2D eigenvalue weighted by molar-refractivity contribution is 6.24. The molecule has 0 amide bonds. The van der Waals surface area contributed by atoms with Gasteiger partial charge in [0.15, 0.2) is 0 Å². The van der Waals surface area contributed by atoms with Gasteiger partial charge in [-0.15, -0.1) is 23.2 Å². The SMILES string of the molecule is OC[C@@H](Cl)[C@H]1CCCC[C@@H]1Cl.